The molecule has 3 aromatic rings. The predicted molar refractivity (Wildman–Crippen MR) is 140 cm³/mol. The largest absolute Gasteiger partial charge is 0.493 e. The first-order chi connectivity index (χ1) is 17.9. The summed E-state index contributed by atoms with van der Waals surface area (Å²) in [4.78, 5) is 22.2. The molecule has 1 aliphatic heterocycles. The van der Waals surface area contributed by atoms with Crippen LogP contribution in [-0.2, 0) is 22.5 Å². The number of ether oxygens (including phenoxy) is 4. The van der Waals surface area contributed by atoms with E-state index >= 15 is 0 Å². The minimum atomic E-state index is -0.455. The number of benzene rings is 2. The molecule has 198 valence electrons. The van der Waals surface area contributed by atoms with Crippen molar-refractivity contribution in [2.75, 3.05) is 53.5 Å². The molecule has 2 heterocycles. The Morgan fingerprint density at radius 3 is 2.41 bits per heavy atom. The number of carbonyl (C=O) groups is 1. The number of amides is 1. The van der Waals surface area contributed by atoms with E-state index in [4.69, 9.17) is 23.9 Å². The highest BCUT2D eigenvalue weighted by Gasteiger charge is 2.29. The number of aromatic nitrogens is 1. The van der Waals surface area contributed by atoms with Crippen molar-refractivity contribution >= 4 is 22.6 Å². The number of anilines is 1. The first-order valence-electron chi connectivity index (χ1n) is 12.3. The Balaban J connectivity index is 1.74. The third-order valence-electron chi connectivity index (χ3n) is 6.56. The van der Waals surface area contributed by atoms with Crippen LogP contribution in [0.1, 0.15) is 24.0 Å². The molecule has 1 fully saturated rings. The summed E-state index contributed by atoms with van der Waals surface area (Å²) in [6, 6.07) is 10.2. The van der Waals surface area contributed by atoms with E-state index in [-0.39, 0.29) is 11.7 Å². The standard InChI is InChI=1S/C28H34FN3O5/c1-31(2)27-19(15-21-22(30-27)16-24(34-3)26(36-5)25(21)35-4)17-32(28(33)23-7-6-14-37-23)13-12-18-8-10-20(29)11-9-18/h8-11,15-16,23H,6-7,12-14,17H2,1-5H3. The summed E-state index contributed by atoms with van der Waals surface area (Å²) in [7, 11) is 8.54. The molecule has 0 N–H and O–H groups in total. The van der Waals surface area contributed by atoms with Crippen molar-refractivity contribution in [3.8, 4) is 17.2 Å². The summed E-state index contributed by atoms with van der Waals surface area (Å²) < 4.78 is 35.9. The zero-order chi connectivity index (χ0) is 26.5. The van der Waals surface area contributed by atoms with Gasteiger partial charge in [0.25, 0.3) is 5.91 Å². The topological polar surface area (TPSA) is 73.4 Å². The number of hydrogen-bond donors (Lipinski definition) is 0. The van der Waals surface area contributed by atoms with Gasteiger partial charge in [-0.15, -0.1) is 0 Å². The summed E-state index contributed by atoms with van der Waals surface area (Å²) in [5, 5.41) is 0.754. The molecule has 9 heteroatoms. The zero-order valence-corrected chi connectivity index (χ0v) is 22.0. The molecule has 1 aliphatic rings. The van der Waals surface area contributed by atoms with Crippen molar-refractivity contribution in [1.29, 1.82) is 0 Å². The van der Waals surface area contributed by atoms with Crippen molar-refractivity contribution in [2.24, 2.45) is 0 Å². The van der Waals surface area contributed by atoms with Gasteiger partial charge in [0.15, 0.2) is 11.5 Å². The Morgan fingerprint density at radius 1 is 1.08 bits per heavy atom. The van der Waals surface area contributed by atoms with Gasteiger partial charge in [-0.05, 0) is 43.0 Å². The summed E-state index contributed by atoms with van der Waals surface area (Å²) in [6.07, 6.45) is 1.70. The van der Waals surface area contributed by atoms with Crippen molar-refractivity contribution in [2.45, 2.75) is 31.9 Å². The SMILES string of the molecule is COc1cc2nc(N(C)C)c(CN(CCc3ccc(F)cc3)C(=O)C3CCCO3)cc2c(OC)c1OC. The molecule has 2 aromatic carbocycles. The fourth-order valence-electron chi connectivity index (χ4n) is 4.69. The Kier molecular flexibility index (Phi) is 8.33. The molecular weight excluding hydrogens is 477 g/mol. The summed E-state index contributed by atoms with van der Waals surface area (Å²) in [6.45, 7) is 1.37. The van der Waals surface area contributed by atoms with Crippen LogP contribution in [0.15, 0.2) is 36.4 Å². The third kappa shape index (κ3) is 5.72. The van der Waals surface area contributed by atoms with Crippen molar-refractivity contribution < 1.29 is 28.1 Å². The zero-order valence-electron chi connectivity index (χ0n) is 22.0. The second-order valence-corrected chi connectivity index (χ2v) is 9.22. The Bertz CT molecular complexity index is 1240. The summed E-state index contributed by atoms with van der Waals surface area (Å²) >= 11 is 0. The van der Waals surface area contributed by atoms with Crippen LogP contribution >= 0.6 is 0 Å². The minimum Gasteiger partial charge on any atom is -0.493 e. The van der Waals surface area contributed by atoms with Crippen LogP contribution < -0.4 is 19.1 Å². The van der Waals surface area contributed by atoms with Gasteiger partial charge in [-0.3, -0.25) is 4.79 Å². The molecule has 0 radical (unpaired) electrons. The summed E-state index contributed by atoms with van der Waals surface area (Å²) in [5.74, 6) is 1.91. The first-order valence-corrected chi connectivity index (χ1v) is 12.3. The van der Waals surface area contributed by atoms with Gasteiger partial charge in [0.05, 0.1) is 26.8 Å². The Labute approximate surface area is 216 Å². The van der Waals surface area contributed by atoms with E-state index in [0.717, 1.165) is 28.8 Å². The van der Waals surface area contributed by atoms with E-state index in [1.165, 1.54) is 12.1 Å². The molecule has 0 saturated carbocycles. The lowest BCUT2D eigenvalue weighted by Gasteiger charge is -2.28. The molecule has 0 aliphatic carbocycles. The highest BCUT2D eigenvalue weighted by atomic mass is 19.1. The van der Waals surface area contributed by atoms with Gasteiger partial charge in [0, 0.05) is 50.8 Å². The maximum absolute atomic E-state index is 13.5. The Hall–Kier alpha value is -3.59. The summed E-state index contributed by atoms with van der Waals surface area (Å²) in [5.41, 5.74) is 2.49. The van der Waals surface area contributed by atoms with Gasteiger partial charge >= 0.3 is 0 Å². The number of nitrogens with zero attached hydrogens (tertiary/aromatic N) is 3. The van der Waals surface area contributed by atoms with Crippen LogP contribution in [0, 0.1) is 5.82 Å². The minimum absolute atomic E-state index is 0.0521. The second-order valence-electron chi connectivity index (χ2n) is 9.22. The maximum atomic E-state index is 13.5. The normalized spacial score (nSPS) is 15.0. The lowest BCUT2D eigenvalue weighted by Crippen LogP contribution is -2.40. The number of methoxy groups -OCH3 is 3. The molecule has 1 atom stereocenters. The van der Waals surface area contributed by atoms with Gasteiger partial charge < -0.3 is 28.7 Å². The number of carbonyl (C=O) groups excluding carboxylic acids is 1. The van der Waals surface area contributed by atoms with Crippen LogP contribution in [0.3, 0.4) is 0 Å². The quantitative estimate of drug-likeness (QED) is 0.404. The molecule has 4 rings (SSSR count). The average Bonchev–Trinajstić information content (AvgIpc) is 3.45. The maximum Gasteiger partial charge on any atom is 0.252 e. The van der Waals surface area contributed by atoms with Gasteiger partial charge in [0.1, 0.15) is 17.7 Å². The smallest absolute Gasteiger partial charge is 0.252 e. The third-order valence-corrected chi connectivity index (χ3v) is 6.56. The highest BCUT2D eigenvalue weighted by Crippen LogP contribution is 2.44. The number of pyridine rings is 1. The van der Waals surface area contributed by atoms with E-state index in [2.05, 4.69) is 0 Å². The van der Waals surface area contributed by atoms with E-state index in [0.29, 0.717) is 55.3 Å². The van der Waals surface area contributed by atoms with Crippen molar-refractivity contribution in [3.63, 3.8) is 0 Å². The molecule has 1 saturated heterocycles. The fraction of sp³-hybridized carbons (Fsp3) is 0.429. The molecule has 1 unspecified atom stereocenters. The van der Waals surface area contributed by atoms with E-state index in [9.17, 15) is 9.18 Å². The molecule has 1 amide bonds. The molecular formula is C28H34FN3O5. The molecule has 37 heavy (non-hydrogen) atoms. The van der Waals surface area contributed by atoms with Crippen LogP contribution in [0.2, 0.25) is 0 Å². The van der Waals surface area contributed by atoms with Gasteiger partial charge in [-0.25, -0.2) is 9.37 Å². The lowest BCUT2D eigenvalue weighted by molar-refractivity contribution is -0.141. The molecule has 0 spiro atoms. The number of fused-ring (bicyclic) bond motifs is 1. The Morgan fingerprint density at radius 2 is 1.81 bits per heavy atom. The van der Waals surface area contributed by atoms with E-state index in [1.54, 1.807) is 33.5 Å². The monoisotopic (exact) mass is 511 g/mol. The number of halogens is 1. The van der Waals surface area contributed by atoms with Gasteiger partial charge in [-0.1, -0.05) is 12.1 Å². The number of hydrogen-bond acceptors (Lipinski definition) is 7. The second kappa shape index (κ2) is 11.6. The fourth-order valence-corrected chi connectivity index (χ4v) is 4.69. The van der Waals surface area contributed by atoms with Gasteiger partial charge in [0.2, 0.25) is 5.75 Å². The highest BCUT2D eigenvalue weighted by molar-refractivity contribution is 5.92. The predicted octanol–water partition coefficient (Wildman–Crippen LogP) is 4.22. The molecule has 1 aromatic heterocycles. The van der Waals surface area contributed by atoms with Crippen LogP contribution in [0.4, 0.5) is 10.2 Å². The average molecular weight is 512 g/mol. The number of rotatable bonds is 10. The van der Waals surface area contributed by atoms with Crippen molar-refractivity contribution in [3.05, 3.63) is 53.3 Å². The molecule has 0 bridgehead atoms. The van der Waals surface area contributed by atoms with E-state index < -0.39 is 6.10 Å². The lowest BCUT2D eigenvalue weighted by atomic mass is 10.1. The first kappa shape index (κ1) is 26.5. The van der Waals surface area contributed by atoms with Crippen LogP contribution in [0.5, 0.6) is 17.2 Å². The van der Waals surface area contributed by atoms with Crippen molar-refractivity contribution in [1.82, 2.24) is 9.88 Å². The van der Waals surface area contributed by atoms with Crippen LogP contribution in [0.25, 0.3) is 10.9 Å². The van der Waals surface area contributed by atoms with E-state index in [1.807, 2.05) is 36.0 Å². The molecule has 8 nitrogen and oxygen atoms in total. The van der Waals surface area contributed by atoms with Gasteiger partial charge in [-0.2, -0.15) is 0 Å². The van der Waals surface area contributed by atoms with Crippen LogP contribution in [-0.4, -0.2) is 70.5 Å².